The smallest absolute Gasteiger partial charge is 0.217 e. The Labute approximate surface area is 168 Å². The van der Waals surface area contributed by atoms with Crippen LogP contribution in [-0.4, -0.2) is 10.9 Å². The Morgan fingerprint density at radius 2 is 1.75 bits per heavy atom. The molecule has 146 valence electrons. The lowest BCUT2D eigenvalue weighted by atomic mass is 9.80. The molecule has 1 heterocycles. The second kappa shape index (κ2) is 8.55. The molecule has 3 heteroatoms. The number of rotatable bonds is 7. The summed E-state index contributed by atoms with van der Waals surface area (Å²) < 4.78 is 0. The zero-order chi connectivity index (χ0) is 20.1. The number of aryl methyl sites for hydroxylation is 1. The molecule has 2 aromatic carbocycles. The molecule has 1 aromatic heterocycles. The topological polar surface area (TPSA) is 56.0 Å². The zero-order valence-corrected chi connectivity index (χ0v) is 17.2. The molecule has 0 aliphatic heterocycles. The average molecular weight is 375 g/mol. The highest BCUT2D eigenvalue weighted by Crippen LogP contribution is 2.31. The molecule has 2 N–H and O–H groups in total. The molecule has 0 fully saturated rings. The van der Waals surface area contributed by atoms with Crippen LogP contribution in [0.1, 0.15) is 57.6 Å². The zero-order valence-electron chi connectivity index (χ0n) is 17.2. The molecule has 1 amide bonds. The van der Waals surface area contributed by atoms with Crippen LogP contribution in [0, 0.1) is 0 Å². The van der Waals surface area contributed by atoms with Gasteiger partial charge in [0.2, 0.25) is 5.91 Å². The summed E-state index contributed by atoms with van der Waals surface area (Å²) in [5.41, 5.74) is 11.6. The Kier molecular flexibility index (Phi) is 6.13. The SMILES string of the molecule is CCCCC(C)(C)c1ccc(CCC(N)=O)cc1.c1cc2ncc3cc2cc1-3. The molecule has 0 saturated carbocycles. The summed E-state index contributed by atoms with van der Waals surface area (Å²) in [6.07, 6.45) is 6.81. The minimum Gasteiger partial charge on any atom is -0.370 e. The van der Waals surface area contributed by atoms with Crippen LogP contribution in [0.5, 0.6) is 0 Å². The third-order valence-electron chi connectivity index (χ3n) is 5.57. The molecule has 0 unspecified atom stereocenters. The summed E-state index contributed by atoms with van der Waals surface area (Å²) in [5, 5.41) is 1.27. The number of nitrogens with zero attached hydrogens (tertiary/aromatic N) is 1. The molecule has 3 nitrogen and oxygen atoms in total. The summed E-state index contributed by atoms with van der Waals surface area (Å²) in [6, 6.07) is 17.1. The van der Waals surface area contributed by atoms with Crippen molar-refractivity contribution >= 4 is 16.8 Å². The number of nitrogens with two attached hydrogens (primary N) is 1. The molecular formula is C25H30N2O. The van der Waals surface area contributed by atoms with Gasteiger partial charge in [0.1, 0.15) is 0 Å². The summed E-state index contributed by atoms with van der Waals surface area (Å²) in [6.45, 7) is 6.81. The lowest BCUT2D eigenvalue weighted by Gasteiger charge is -2.25. The fourth-order valence-electron chi connectivity index (χ4n) is 3.62. The maximum Gasteiger partial charge on any atom is 0.217 e. The minimum absolute atomic E-state index is 0.234. The van der Waals surface area contributed by atoms with Gasteiger partial charge in [-0.2, -0.15) is 0 Å². The fraction of sp³-hybridized carbons (Fsp3) is 0.360. The van der Waals surface area contributed by atoms with E-state index < -0.39 is 0 Å². The highest BCUT2D eigenvalue weighted by molar-refractivity contribution is 5.92. The number of hydrogen-bond acceptors (Lipinski definition) is 2. The van der Waals surface area contributed by atoms with E-state index in [1.807, 2.05) is 6.20 Å². The van der Waals surface area contributed by atoms with Crippen LogP contribution in [0.15, 0.2) is 54.7 Å². The van der Waals surface area contributed by atoms with Crippen LogP contribution in [0.25, 0.3) is 22.0 Å². The number of benzene rings is 2. The van der Waals surface area contributed by atoms with Crippen molar-refractivity contribution in [1.82, 2.24) is 4.98 Å². The number of unbranched alkanes of at least 4 members (excludes halogenated alkanes) is 1. The van der Waals surface area contributed by atoms with Gasteiger partial charge in [-0.25, -0.2) is 0 Å². The van der Waals surface area contributed by atoms with Crippen molar-refractivity contribution in [2.24, 2.45) is 5.73 Å². The molecule has 3 bridgehead atoms. The lowest BCUT2D eigenvalue weighted by molar-refractivity contribution is -0.117. The number of aromatic nitrogens is 1. The first-order valence-electron chi connectivity index (χ1n) is 10.2. The molecule has 28 heavy (non-hydrogen) atoms. The summed E-state index contributed by atoms with van der Waals surface area (Å²) >= 11 is 0. The maximum absolute atomic E-state index is 10.7. The van der Waals surface area contributed by atoms with Gasteiger partial charge < -0.3 is 5.73 Å². The van der Waals surface area contributed by atoms with Gasteiger partial charge in [-0.15, -0.1) is 0 Å². The van der Waals surface area contributed by atoms with Crippen LogP contribution < -0.4 is 5.73 Å². The number of pyridine rings is 1. The van der Waals surface area contributed by atoms with Crippen LogP contribution in [0.2, 0.25) is 0 Å². The molecule has 1 aliphatic rings. The van der Waals surface area contributed by atoms with E-state index in [0.717, 1.165) is 11.9 Å². The Balaban J connectivity index is 0.000000185. The molecule has 0 radical (unpaired) electrons. The predicted molar refractivity (Wildman–Crippen MR) is 117 cm³/mol. The Hall–Kier alpha value is -2.68. The van der Waals surface area contributed by atoms with Gasteiger partial charge in [0, 0.05) is 23.6 Å². The lowest BCUT2D eigenvalue weighted by Crippen LogP contribution is -2.17. The van der Waals surface area contributed by atoms with Gasteiger partial charge in [0.05, 0.1) is 5.52 Å². The Bertz CT molecular complexity index is 921. The van der Waals surface area contributed by atoms with Crippen LogP contribution in [-0.2, 0) is 16.6 Å². The monoisotopic (exact) mass is 374 g/mol. The highest BCUT2D eigenvalue weighted by Gasteiger charge is 2.19. The number of carbonyl (C=O) groups excluding carboxylic acids is 1. The Morgan fingerprint density at radius 1 is 1.04 bits per heavy atom. The van der Waals surface area contributed by atoms with Crippen LogP contribution in [0.3, 0.4) is 0 Å². The third kappa shape index (κ3) is 4.78. The van der Waals surface area contributed by atoms with E-state index >= 15 is 0 Å². The molecule has 4 rings (SSSR count). The fourth-order valence-corrected chi connectivity index (χ4v) is 3.62. The van der Waals surface area contributed by atoms with Crippen molar-refractivity contribution in [1.29, 1.82) is 0 Å². The van der Waals surface area contributed by atoms with Gasteiger partial charge >= 0.3 is 0 Å². The number of primary amides is 1. The minimum atomic E-state index is -0.234. The van der Waals surface area contributed by atoms with E-state index in [0.29, 0.717) is 6.42 Å². The molecule has 3 aromatic rings. The predicted octanol–water partition coefficient (Wildman–Crippen LogP) is 5.79. The van der Waals surface area contributed by atoms with Gasteiger partial charge in [-0.05, 0) is 53.1 Å². The van der Waals surface area contributed by atoms with Crippen molar-refractivity contribution in [2.75, 3.05) is 0 Å². The molecule has 1 aliphatic carbocycles. The number of carbonyl (C=O) groups is 1. The number of fused-ring (bicyclic) bond motifs is 3. The van der Waals surface area contributed by atoms with Crippen molar-refractivity contribution < 1.29 is 4.79 Å². The van der Waals surface area contributed by atoms with Crippen LogP contribution in [0.4, 0.5) is 0 Å². The maximum atomic E-state index is 10.7. The van der Waals surface area contributed by atoms with E-state index in [9.17, 15) is 4.79 Å². The van der Waals surface area contributed by atoms with E-state index in [1.165, 1.54) is 46.9 Å². The van der Waals surface area contributed by atoms with Gasteiger partial charge in [-0.1, -0.05) is 63.9 Å². The number of hydrogen-bond donors (Lipinski definition) is 1. The largest absolute Gasteiger partial charge is 0.370 e. The van der Waals surface area contributed by atoms with Crippen molar-refractivity contribution in [3.8, 4) is 11.1 Å². The summed E-state index contributed by atoms with van der Waals surface area (Å²) in [7, 11) is 0. The van der Waals surface area contributed by atoms with Gasteiger partial charge in [-0.3, -0.25) is 9.78 Å². The van der Waals surface area contributed by atoms with E-state index in [1.54, 1.807) is 0 Å². The molecule has 0 atom stereocenters. The van der Waals surface area contributed by atoms with Crippen molar-refractivity contribution in [3.63, 3.8) is 0 Å². The van der Waals surface area contributed by atoms with E-state index in [-0.39, 0.29) is 11.3 Å². The quantitative estimate of drug-likeness (QED) is 0.445. The van der Waals surface area contributed by atoms with E-state index in [4.69, 9.17) is 5.73 Å². The molecule has 0 saturated heterocycles. The average Bonchev–Trinajstić information content (AvgIpc) is 2.81. The van der Waals surface area contributed by atoms with E-state index in [2.05, 4.69) is 74.3 Å². The van der Waals surface area contributed by atoms with Gasteiger partial charge in [0.25, 0.3) is 0 Å². The normalized spacial score (nSPS) is 11.7. The third-order valence-corrected chi connectivity index (χ3v) is 5.57. The molecule has 0 spiro atoms. The van der Waals surface area contributed by atoms with Crippen molar-refractivity contribution in [2.45, 2.75) is 58.3 Å². The Morgan fingerprint density at radius 3 is 2.43 bits per heavy atom. The number of amides is 1. The second-order valence-corrected chi connectivity index (χ2v) is 8.28. The van der Waals surface area contributed by atoms with Crippen LogP contribution >= 0.6 is 0 Å². The first-order valence-corrected chi connectivity index (χ1v) is 10.2. The summed E-state index contributed by atoms with van der Waals surface area (Å²) in [5.74, 6) is -0.234. The summed E-state index contributed by atoms with van der Waals surface area (Å²) in [4.78, 5) is 15.0. The second-order valence-electron chi connectivity index (χ2n) is 8.28. The standard InChI is InChI=1S/C16H25NO.C9H5N/c1-4-5-12-16(2,3)14-9-6-13(7-10-14)8-11-15(17)18;1-2-9-7-3-6(1)8(4-7)5-10-9/h6-7,9-10H,4-5,8,11-12H2,1-3H3,(H2,17,18);1-5H. The van der Waals surface area contributed by atoms with Crippen molar-refractivity contribution in [3.05, 3.63) is 65.9 Å². The first-order chi connectivity index (χ1) is 13.4. The first kappa shape index (κ1) is 20.1. The highest BCUT2D eigenvalue weighted by atomic mass is 16.1. The van der Waals surface area contributed by atoms with Gasteiger partial charge in [0.15, 0.2) is 0 Å². The molecular weight excluding hydrogens is 344 g/mol.